The van der Waals surface area contributed by atoms with E-state index < -0.39 is 10.0 Å². The summed E-state index contributed by atoms with van der Waals surface area (Å²) in [6, 6.07) is 9.76. The molecule has 0 unspecified atom stereocenters. The zero-order valence-corrected chi connectivity index (χ0v) is 13.7. The highest BCUT2D eigenvalue weighted by Gasteiger charge is 2.20. The Balaban J connectivity index is 2.06. The van der Waals surface area contributed by atoms with Gasteiger partial charge in [0.15, 0.2) is 0 Å². The first-order valence-electron chi connectivity index (χ1n) is 5.76. The van der Waals surface area contributed by atoms with Crippen LogP contribution in [0.2, 0.25) is 0 Å². The molecule has 3 aromatic rings. The minimum Gasteiger partial charge on any atom is -0.397 e. The molecule has 0 radical (unpaired) electrons. The highest BCUT2D eigenvalue weighted by molar-refractivity contribution is 9.10. The Labute approximate surface area is 133 Å². The molecule has 3 rings (SSSR count). The summed E-state index contributed by atoms with van der Waals surface area (Å²) in [6.45, 7) is 0. The fourth-order valence-corrected chi connectivity index (χ4v) is 4.06. The molecule has 3 N–H and O–H groups in total. The first-order chi connectivity index (χ1) is 9.97. The number of aromatic nitrogens is 2. The van der Waals surface area contributed by atoms with Crippen LogP contribution in [0.3, 0.4) is 0 Å². The van der Waals surface area contributed by atoms with Crippen LogP contribution in [0.15, 0.2) is 45.8 Å². The second-order valence-electron chi connectivity index (χ2n) is 4.23. The summed E-state index contributed by atoms with van der Waals surface area (Å²) in [4.78, 5) is 0.0797. The number of fused-ring (bicyclic) bond motifs is 1. The van der Waals surface area contributed by atoms with E-state index in [0.29, 0.717) is 22.4 Å². The molecule has 1 heterocycles. The van der Waals surface area contributed by atoms with Crippen LogP contribution in [0, 0.1) is 0 Å². The summed E-state index contributed by atoms with van der Waals surface area (Å²) < 4.78 is 36.3. The van der Waals surface area contributed by atoms with Gasteiger partial charge in [0.2, 0.25) is 0 Å². The maximum atomic E-state index is 12.5. The zero-order valence-electron chi connectivity index (χ0n) is 10.4. The van der Waals surface area contributed by atoms with Crippen molar-refractivity contribution in [1.82, 2.24) is 8.75 Å². The molecule has 0 atom stereocenters. The lowest BCUT2D eigenvalue weighted by molar-refractivity contribution is 0.602. The van der Waals surface area contributed by atoms with E-state index in [-0.39, 0.29) is 4.90 Å². The zero-order chi connectivity index (χ0) is 15.0. The van der Waals surface area contributed by atoms with Crippen LogP contribution in [0.4, 0.5) is 11.4 Å². The number of hydrogen-bond donors (Lipinski definition) is 2. The van der Waals surface area contributed by atoms with Gasteiger partial charge in [-0.25, -0.2) is 8.42 Å². The maximum absolute atomic E-state index is 12.5. The van der Waals surface area contributed by atoms with Crippen molar-refractivity contribution in [2.45, 2.75) is 4.90 Å². The Morgan fingerprint density at radius 1 is 1.19 bits per heavy atom. The predicted octanol–water partition coefficient (Wildman–Crippen LogP) is 2.84. The number of nitrogens with zero attached hydrogens (tertiary/aromatic N) is 2. The van der Waals surface area contributed by atoms with Crippen LogP contribution in [0.1, 0.15) is 0 Å². The molecule has 0 aliphatic heterocycles. The Hall–Kier alpha value is -1.71. The smallest absolute Gasteiger partial charge is 0.264 e. The van der Waals surface area contributed by atoms with Gasteiger partial charge in [-0.2, -0.15) is 8.75 Å². The Kier molecular flexibility index (Phi) is 3.56. The van der Waals surface area contributed by atoms with E-state index in [2.05, 4.69) is 29.4 Å². The lowest BCUT2D eigenvalue weighted by Crippen LogP contribution is -2.14. The molecule has 0 fully saturated rings. The van der Waals surface area contributed by atoms with Gasteiger partial charge in [0.1, 0.15) is 15.9 Å². The summed E-state index contributed by atoms with van der Waals surface area (Å²) in [6.07, 6.45) is 0. The van der Waals surface area contributed by atoms with Crippen molar-refractivity contribution in [2.75, 3.05) is 10.5 Å². The van der Waals surface area contributed by atoms with Gasteiger partial charge in [0.25, 0.3) is 10.0 Å². The molecular weight excluding hydrogens is 376 g/mol. The highest BCUT2D eigenvalue weighted by atomic mass is 79.9. The first kappa shape index (κ1) is 14.2. The van der Waals surface area contributed by atoms with Gasteiger partial charge >= 0.3 is 0 Å². The molecule has 0 amide bonds. The number of hydrogen-bond acceptors (Lipinski definition) is 6. The highest BCUT2D eigenvalue weighted by Crippen LogP contribution is 2.27. The molecular formula is C12H9BrN4O2S2. The fourth-order valence-electron chi connectivity index (χ4n) is 1.82. The summed E-state index contributed by atoms with van der Waals surface area (Å²) in [5, 5.41) is 0. The minimum absolute atomic E-state index is 0.0797. The largest absolute Gasteiger partial charge is 0.397 e. The van der Waals surface area contributed by atoms with Gasteiger partial charge in [0.05, 0.1) is 23.1 Å². The standard InChI is InChI=1S/C12H9BrN4O2S2/c13-7-4-5-9(8(14)6-7)17-21(18,19)11-3-1-2-10-12(11)16-20-15-10/h1-6,17H,14H2. The summed E-state index contributed by atoms with van der Waals surface area (Å²) >= 11 is 4.25. The topological polar surface area (TPSA) is 98.0 Å². The van der Waals surface area contributed by atoms with Crippen LogP contribution in [-0.4, -0.2) is 17.2 Å². The molecule has 0 aliphatic rings. The van der Waals surface area contributed by atoms with Gasteiger partial charge in [-0.05, 0) is 30.3 Å². The van der Waals surface area contributed by atoms with Crippen molar-refractivity contribution in [1.29, 1.82) is 0 Å². The van der Waals surface area contributed by atoms with Crippen molar-refractivity contribution >= 4 is 60.1 Å². The molecule has 9 heteroatoms. The number of anilines is 2. The van der Waals surface area contributed by atoms with Crippen molar-refractivity contribution < 1.29 is 8.42 Å². The Morgan fingerprint density at radius 2 is 2.00 bits per heavy atom. The molecule has 2 aromatic carbocycles. The summed E-state index contributed by atoms with van der Waals surface area (Å²) in [5.41, 5.74) is 7.36. The van der Waals surface area contributed by atoms with E-state index in [1.54, 1.807) is 30.3 Å². The van der Waals surface area contributed by atoms with Crippen LogP contribution in [0.5, 0.6) is 0 Å². The van der Waals surface area contributed by atoms with Crippen LogP contribution >= 0.6 is 27.7 Å². The number of nitrogen functional groups attached to an aromatic ring is 1. The van der Waals surface area contributed by atoms with Crippen LogP contribution < -0.4 is 10.5 Å². The van der Waals surface area contributed by atoms with Gasteiger partial charge in [-0.3, -0.25) is 4.72 Å². The van der Waals surface area contributed by atoms with E-state index in [4.69, 9.17) is 5.73 Å². The average molecular weight is 385 g/mol. The summed E-state index contributed by atoms with van der Waals surface area (Å²) in [7, 11) is -3.79. The molecule has 1 aromatic heterocycles. The van der Waals surface area contributed by atoms with Crippen molar-refractivity contribution in [2.24, 2.45) is 0 Å². The number of sulfonamides is 1. The monoisotopic (exact) mass is 384 g/mol. The van der Waals surface area contributed by atoms with E-state index >= 15 is 0 Å². The third-order valence-electron chi connectivity index (χ3n) is 2.80. The molecule has 6 nitrogen and oxygen atoms in total. The average Bonchev–Trinajstić information content (AvgIpc) is 2.90. The Bertz CT molecular complexity index is 924. The van der Waals surface area contributed by atoms with Gasteiger partial charge in [0, 0.05) is 4.47 Å². The third-order valence-corrected chi connectivity index (χ3v) is 5.23. The van der Waals surface area contributed by atoms with Crippen LogP contribution in [-0.2, 0) is 10.0 Å². The van der Waals surface area contributed by atoms with E-state index in [0.717, 1.165) is 16.2 Å². The second-order valence-corrected chi connectivity index (χ2v) is 7.32. The SMILES string of the molecule is Nc1cc(Br)ccc1NS(=O)(=O)c1cccc2nsnc12. The van der Waals surface area contributed by atoms with Gasteiger partial charge < -0.3 is 5.73 Å². The lowest BCUT2D eigenvalue weighted by atomic mass is 10.3. The number of benzene rings is 2. The number of rotatable bonds is 3. The molecule has 0 saturated heterocycles. The maximum Gasteiger partial charge on any atom is 0.264 e. The minimum atomic E-state index is -3.79. The Morgan fingerprint density at radius 3 is 2.76 bits per heavy atom. The van der Waals surface area contributed by atoms with Crippen molar-refractivity contribution in [3.63, 3.8) is 0 Å². The molecule has 0 spiro atoms. The van der Waals surface area contributed by atoms with Gasteiger partial charge in [-0.15, -0.1) is 0 Å². The third kappa shape index (κ3) is 2.71. The lowest BCUT2D eigenvalue weighted by Gasteiger charge is -2.10. The second kappa shape index (κ2) is 5.24. The quantitative estimate of drug-likeness (QED) is 0.676. The predicted molar refractivity (Wildman–Crippen MR) is 86.8 cm³/mol. The molecule has 0 bridgehead atoms. The van der Waals surface area contributed by atoms with E-state index in [1.165, 1.54) is 6.07 Å². The van der Waals surface area contributed by atoms with Crippen LogP contribution in [0.25, 0.3) is 11.0 Å². The summed E-state index contributed by atoms with van der Waals surface area (Å²) in [5.74, 6) is 0. The van der Waals surface area contributed by atoms with Crippen molar-refractivity contribution in [3.05, 3.63) is 40.9 Å². The first-order valence-corrected chi connectivity index (χ1v) is 8.77. The number of nitrogens with one attached hydrogen (secondary N) is 1. The van der Waals surface area contributed by atoms with E-state index in [9.17, 15) is 8.42 Å². The molecule has 0 aliphatic carbocycles. The van der Waals surface area contributed by atoms with Gasteiger partial charge in [-0.1, -0.05) is 22.0 Å². The molecule has 108 valence electrons. The normalized spacial score (nSPS) is 11.7. The number of nitrogens with two attached hydrogens (primary N) is 1. The molecule has 0 saturated carbocycles. The van der Waals surface area contributed by atoms with E-state index in [1.807, 2.05) is 0 Å². The number of halogens is 1. The fraction of sp³-hybridized carbons (Fsp3) is 0. The van der Waals surface area contributed by atoms with Crippen molar-refractivity contribution in [3.8, 4) is 0 Å². The molecule has 21 heavy (non-hydrogen) atoms.